The second-order valence-electron chi connectivity index (χ2n) is 5.72. The minimum Gasteiger partial charge on any atom is -0.478 e. The predicted molar refractivity (Wildman–Crippen MR) is 89.6 cm³/mol. The Morgan fingerprint density at radius 3 is 2.36 bits per heavy atom. The lowest BCUT2D eigenvalue weighted by molar-refractivity contribution is 0.0699. The molecule has 0 bridgehead atoms. The van der Waals surface area contributed by atoms with Gasteiger partial charge in [-0.1, -0.05) is 48.5 Å². The Bertz CT molecular complexity index is 857. The molecule has 0 radical (unpaired) electrons. The fourth-order valence-corrected chi connectivity index (χ4v) is 2.88. The molecule has 0 spiro atoms. The molecule has 3 aromatic carbocycles. The summed E-state index contributed by atoms with van der Waals surface area (Å²) in [6.45, 7) is 4.20. The summed E-state index contributed by atoms with van der Waals surface area (Å²) in [4.78, 5) is 11.5. The molecule has 0 heterocycles. The second-order valence-corrected chi connectivity index (χ2v) is 5.72. The molecule has 0 saturated carbocycles. The smallest absolute Gasteiger partial charge is 0.336 e. The normalized spacial score (nSPS) is 10.8. The van der Waals surface area contributed by atoms with Gasteiger partial charge in [-0.25, -0.2) is 4.79 Å². The molecule has 0 saturated heterocycles. The van der Waals surface area contributed by atoms with Crippen LogP contribution in [-0.2, 0) is 6.42 Å². The van der Waals surface area contributed by atoms with Crippen molar-refractivity contribution in [2.75, 3.05) is 0 Å². The van der Waals surface area contributed by atoms with Crippen molar-refractivity contribution in [1.29, 1.82) is 0 Å². The van der Waals surface area contributed by atoms with Crippen molar-refractivity contribution in [2.45, 2.75) is 20.3 Å². The third kappa shape index (κ3) is 2.60. The SMILES string of the molecule is Cc1ccc(Cc2cccc3cccc(C(=O)O)c23)cc1C. The first-order chi connectivity index (χ1) is 10.6. The van der Waals surface area contributed by atoms with Crippen LogP contribution in [0.4, 0.5) is 0 Å². The molecule has 0 amide bonds. The van der Waals surface area contributed by atoms with Crippen molar-refractivity contribution in [3.05, 3.63) is 82.4 Å². The van der Waals surface area contributed by atoms with E-state index in [-0.39, 0.29) is 0 Å². The topological polar surface area (TPSA) is 37.3 Å². The van der Waals surface area contributed by atoms with Crippen molar-refractivity contribution < 1.29 is 9.90 Å². The van der Waals surface area contributed by atoms with E-state index in [1.807, 2.05) is 24.3 Å². The van der Waals surface area contributed by atoms with Gasteiger partial charge >= 0.3 is 5.97 Å². The van der Waals surface area contributed by atoms with Crippen LogP contribution in [0.15, 0.2) is 54.6 Å². The van der Waals surface area contributed by atoms with Crippen LogP contribution in [0, 0.1) is 13.8 Å². The van der Waals surface area contributed by atoms with Gasteiger partial charge in [0.05, 0.1) is 5.56 Å². The standard InChI is InChI=1S/C20H18O2/c1-13-9-10-15(11-14(13)2)12-17-7-3-5-16-6-4-8-18(19(16)17)20(21)22/h3-11H,12H2,1-2H3,(H,21,22). The molecule has 1 N–H and O–H groups in total. The molecule has 0 atom stereocenters. The molecule has 22 heavy (non-hydrogen) atoms. The predicted octanol–water partition coefficient (Wildman–Crippen LogP) is 4.75. The number of carbonyl (C=O) groups is 1. The van der Waals surface area contributed by atoms with Crippen LogP contribution in [-0.4, -0.2) is 11.1 Å². The summed E-state index contributed by atoms with van der Waals surface area (Å²) in [6, 6.07) is 17.8. The van der Waals surface area contributed by atoms with Crippen LogP contribution in [0.2, 0.25) is 0 Å². The van der Waals surface area contributed by atoms with Crippen molar-refractivity contribution in [3.8, 4) is 0 Å². The summed E-state index contributed by atoms with van der Waals surface area (Å²) >= 11 is 0. The average molecular weight is 290 g/mol. The zero-order valence-electron chi connectivity index (χ0n) is 12.8. The monoisotopic (exact) mass is 290 g/mol. The Hall–Kier alpha value is -2.61. The summed E-state index contributed by atoms with van der Waals surface area (Å²) in [5.41, 5.74) is 5.16. The van der Waals surface area contributed by atoms with Gasteiger partial charge in [0, 0.05) is 0 Å². The van der Waals surface area contributed by atoms with E-state index in [9.17, 15) is 9.90 Å². The Balaban J connectivity index is 2.14. The first-order valence-corrected chi connectivity index (χ1v) is 7.36. The molecule has 110 valence electrons. The largest absolute Gasteiger partial charge is 0.478 e. The van der Waals surface area contributed by atoms with E-state index in [0.717, 1.165) is 22.8 Å². The van der Waals surface area contributed by atoms with Gasteiger partial charge in [0.25, 0.3) is 0 Å². The molecular weight excluding hydrogens is 272 g/mol. The van der Waals surface area contributed by atoms with Crippen LogP contribution >= 0.6 is 0 Å². The Morgan fingerprint density at radius 1 is 0.955 bits per heavy atom. The number of carboxylic acids is 1. The Labute approximate surface area is 130 Å². The lowest BCUT2D eigenvalue weighted by Gasteiger charge is -2.11. The van der Waals surface area contributed by atoms with Crippen LogP contribution in [0.1, 0.15) is 32.6 Å². The van der Waals surface area contributed by atoms with Gasteiger partial charge in [-0.05, 0) is 59.4 Å². The Kier molecular flexibility index (Phi) is 3.68. The van der Waals surface area contributed by atoms with Crippen molar-refractivity contribution in [1.82, 2.24) is 0 Å². The molecule has 0 aliphatic carbocycles. The molecular formula is C20H18O2. The van der Waals surface area contributed by atoms with Crippen molar-refractivity contribution in [2.24, 2.45) is 0 Å². The number of rotatable bonds is 3. The van der Waals surface area contributed by atoms with E-state index in [0.29, 0.717) is 5.56 Å². The molecule has 0 aliphatic heterocycles. The highest BCUT2D eigenvalue weighted by Gasteiger charge is 2.12. The van der Waals surface area contributed by atoms with Crippen LogP contribution in [0.3, 0.4) is 0 Å². The number of aryl methyl sites for hydroxylation is 2. The van der Waals surface area contributed by atoms with Gasteiger partial charge in [-0.2, -0.15) is 0 Å². The molecule has 0 unspecified atom stereocenters. The van der Waals surface area contributed by atoms with Gasteiger partial charge < -0.3 is 5.11 Å². The average Bonchev–Trinajstić information content (AvgIpc) is 2.50. The van der Waals surface area contributed by atoms with E-state index in [1.165, 1.54) is 16.7 Å². The first-order valence-electron chi connectivity index (χ1n) is 7.36. The third-order valence-electron chi connectivity index (χ3n) is 4.19. The van der Waals surface area contributed by atoms with E-state index in [4.69, 9.17) is 0 Å². The van der Waals surface area contributed by atoms with Crippen molar-refractivity contribution >= 4 is 16.7 Å². The van der Waals surface area contributed by atoms with Gasteiger partial charge in [0.1, 0.15) is 0 Å². The molecule has 3 rings (SSSR count). The number of hydrogen-bond acceptors (Lipinski definition) is 1. The summed E-state index contributed by atoms with van der Waals surface area (Å²) < 4.78 is 0. The van der Waals surface area contributed by atoms with Crippen LogP contribution in [0.5, 0.6) is 0 Å². The number of benzene rings is 3. The zero-order valence-corrected chi connectivity index (χ0v) is 12.8. The highest BCUT2D eigenvalue weighted by Crippen LogP contribution is 2.26. The first kappa shape index (κ1) is 14.3. The maximum Gasteiger partial charge on any atom is 0.336 e. The Morgan fingerprint density at radius 2 is 1.68 bits per heavy atom. The van der Waals surface area contributed by atoms with Gasteiger partial charge in [-0.15, -0.1) is 0 Å². The molecule has 0 fully saturated rings. The van der Waals surface area contributed by atoms with E-state index in [1.54, 1.807) is 12.1 Å². The van der Waals surface area contributed by atoms with Gasteiger partial charge in [0.15, 0.2) is 0 Å². The van der Waals surface area contributed by atoms with Gasteiger partial charge in [0.2, 0.25) is 0 Å². The molecule has 2 heteroatoms. The summed E-state index contributed by atoms with van der Waals surface area (Å²) in [6.07, 6.45) is 0.739. The third-order valence-corrected chi connectivity index (χ3v) is 4.19. The summed E-state index contributed by atoms with van der Waals surface area (Å²) in [5.74, 6) is -0.877. The highest BCUT2D eigenvalue weighted by atomic mass is 16.4. The summed E-state index contributed by atoms with van der Waals surface area (Å²) in [7, 11) is 0. The minimum absolute atomic E-state index is 0.372. The number of fused-ring (bicyclic) bond motifs is 1. The minimum atomic E-state index is -0.877. The van der Waals surface area contributed by atoms with E-state index < -0.39 is 5.97 Å². The van der Waals surface area contributed by atoms with E-state index in [2.05, 4.69) is 32.0 Å². The fraction of sp³-hybridized carbons (Fsp3) is 0.150. The van der Waals surface area contributed by atoms with Gasteiger partial charge in [-0.3, -0.25) is 0 Å². The van der Waals surface area contributed by atoms with Crippen molar-refractivity contribution in [3.63, 3.8) is 0 Å². The lowest BCUT2D eigenvalue weighted by atomic mass is 9.94. The number of hydrogen-bond donors (Lipinski definition) is 1. The summed E-state index contributed by atoms with van der Waals surface area (Å²) in [5, 5.41) is 11.3. The molecule has 0 aliphatic rings. The molecule has 3 aromatic rings. The lowest BCUT2D eigenvalue weighted by Crippen LogP contribution is -2.00. The maximum atomic E-state index is 11.5. The van der Waals surface area contributed by atoms with Crippen LogP contribution < -0.4 is 0 Å². The second kappa shape index (κ2) is 5.64. The number of carboxylic acid groups (broad SMARTS) is 1. The van der Waals surface area contributed by atoms with Crippen LogP contribution in [0.25, 0.3) is 10.8 Å². The molecule has 2 nitrogen and oxygen atoms in total. The van der Waals surface area contributed by atoms with E-state index >= 15 is 0 Å². The molecule has 0 aromatic heterocycles. The maximum absolute atomic E-state index is 11.5. The highest BCUT2D eigenvalue weighted by molar-refractivity contribution is 6.05. The number of aromatic carboxylic acids is 1. The zero-order chi connectivity index (χ0) is 15.7. The quantitative estimate of drug-likeness (QED) is 0.756. The fourth-order valence-electron chi connectivity index (χ4n) is 2.88.